The van der Waals surface area contributed by atoms with E-state index in [1.165, 1.54) is 0 Å². The zero-order valence-corrected chi connectivity index (χ0v) is 15.0. The fourth-order valence-electron chi connectivity index (χ4n) is 1.72. The van der Waals surface area contributed by atoms with Crippen molar-refractivity contribution in [1.82, 2.24) is 0 Å². The summed E-state index contributed by atoms with van der Waals surface area (Å²) < 4.78 is 7.74. The number of carbonyl (C=O) groups is 1. The molecule has 4 nitrogen and oxygen atoms in total. The molecule has 106 valence electrons. The highest BCUT2D eigenvalue weighted by molar-refractivity contribution is 14.1. The van der Waals surface area contributed by atoms with Crippen molar-refractivity contribution >= 4 is 56.3 Å². The largest absolute Gasteiger partial charge is 0.489 e. The predicted octanol–water partition coefficient (Wildman–Crippen LogP) is 4.16. The van der Waals surface area contributed by atoms with Gasteiger partial charge in [-0.15, -0.1) is 0 Å². The highest BCUT2D eigenvalue weighted by atomic mass is 127. The topological polar surface area (TPSA) is 47.9 Å². The lowest BCUT2D eigenvalue weighted by Gasteiger charge is -2.15. The lowest BCUT2D eigenvalue weighted by molar-refractivity contribution is -0.136. The Hall–Kier alpha value is -0.890. The van der Waals surface area contributed by atoms with E-state index >= 15 is 0 Å². The van der Waals surface area contributed by atoms with Crippen LogP contribution in [0.15, 0.2) is 27.3 Å². The molecule has 2 rings (SSSR count). The second-order valence-corrected chi connectivity index (χ2v) is 6.66. The molecule has 0 aromatic heterocycles. The summed E-state index contributed by atoms with van der Waals surface area (Å²) in [5.74, 6) is 0.316. The molecule has 0 amide bonds. The fraction of sp³-hybridized carbons (Fsp3) is 0.286. The average Bonchev–Trinajstić information content (AvgIpc) is 2.65. The van der Waals surface area contributed by atoms with Crippen LogP contribution < -0.4 is 4.74 Å². The summed E-state index contributed by atoms with van der Waals surface area (Å²) in [6.07, 6.45) is 1.80. The number of halogens is 2. The van der Waals surface area contributed by atoms with Gasteiger partial charge >= 0.3 is 5.97 Å². The number of hydrogen-bond acceptors (Lipinski definition) is 4. The van der Waals surface area contributed by atoms with Crippen LogP contribution in [-0.2, 0) is 9.63 Å². The van der Waals surface area contributed by atoms with Crippen molar-refractivity contribution in [2.45, 2.75) is 26.9 Å². The maximum absolute atomic E-state index is 11.6. The van der Waals surface area contributed by atoms with E-state index < -0.39 is 5.97 Å². The van der Waals surface area contributed by atoms with E-state index in [0.29, 0.717) is 11.3 Å². The first-order valence-corrected chi connectivity index (χ1v) is 7.89. The number of nitrogens with zero attached hydrogens (tertiary/aromatic N) is 1. The Balaban J connectivity index is 2.53. The first-order chi connectivity index (χ1) is 9.38. The smallest absolute Gasteiger partial charge is 0.367 e. The molecule has 1 aliphatic heterocycles. The van der Waals surface area contributed by atoms with Gasteiger partial charge in [-0.05, 0) is 61.6 Å². The minimum absolute atomic E-state index is 0.0483. The summed E-state index contributed by atoms with van der Waals surface area (Å²) in [6, 6.07) is 3.87. The van der Waals surface area contributed by atoms with Crippen LogP contribution in [0.4, 0.5) is 0 Å². The van der Waals surface area contributed by atoms with Gasteiger partial charge < -0.3 is 9.57 Å². The fourth-order valence-corrected chi connectivity index (χ4v) is 3.40. The standard InChI is InChI=1S/C14H13BrINO3/c1-7(2)19-13-9(4-10(15)6-12(13)16)5-11-8(3)17-20-14(11)18/h4-7H,1-3H3/b11-5-. The van der Waals surface area contributed by atoms with E-state index in [2.05, 4.69) is 48.5 Å². The van der Waals surface area contributed by atoms with Crippen LogP contribution in [-0.4, -0.2) is 17.8 Å². The molecule has 0 saturated heterocycles. The second kappa shape index (κ2) is 6.26. The molecule has 0 fully saturated rings. The van der Waals surface area contributed by atoms with Crippen LogP contribution in [0.2, 0.25) is 0 Å². The summed E-state index contributed by atoms with van der Waals surface area (Å²) in [4.78, 5) is 16.3. The number of benzene rings is 1. The molecule has 0 saturated carbocycles. The first-order valence-electron chi connectivity index (χ1n) is 6.02. The van der Waals surface area contributed by atoms with Gasteiger partial charge in [-0.1, -0.05) is 21.1 Å². The molecule has 1 aromatic carbocycles. The molecule has 0 radical (unpaired) electrons. The Morgan fingerprint density at radius 3 is 2.70 bits per heavy atom. The highest BCUT2D eigenvalue weighted by Gasteiger charge is 2.23. The van der Waals surface area contributed by atoms with E-state index in [4.69, 9.17) is 4.74 Å². The summed E-state index contributed by atoms with van der Waals surface area (Å²) >= 11 is 5.67. The molecule has 0 spiro atoms. The van der Waals surface area contributed by atoms with Crippen LogP contribution in [0.25, 0.3) is 6.08 Å². The van der Waals surface area contributed by atoms with E-state index in [9.17, 15) is 4.79 Å². The SMILES string of the molecule is CC1=NOC(=O)/C1=C\c1cc(Br)cc(I)c1OC(C)C. The molecule has 0 atom stereocenters. The molecular weight excluding hydrogens is 437 g/mol. The monoisotopic (exact) mass is 449 g/mol. The van der Waals surface area contributed by atoms with Gasteiger partial charge in [-0.2, -0.15) is 0 Å². The van der Waals surface area contributed by atoms with Gasteiger partial charge in [-0.25, -0.2) is 4.79 Å². The van der Waals surface area contributed by atoms with Crippen LogP contribution in [0, 0.1) is 3.57 Å². The van der Waals surface area contributed by atoms with Crippen LogP contribution in [0.3, 0.4) is 0 Å². The summed E-state index contributed by atoms with van der Waals surface area (Å²) in [6.45, 7) is 5.67. The van der Waals surface area contributed by atoms with E-state index in [1.807, 2.05) is 26.0 Å². The van der Waals surface area contributed by atoms with E-state index in [-0.39, 0.29) is 6.10 Å². The van der Waals surface area contributed by atoms with Gasteiger partial charge in [0.2, 0.25) is 0 Å². The zero-order chi connectivity index (χ0) is 14.9. The van der Waals surface area contributed by atoms with Crippen molar-refractivity contribution in [2.75, 3.05) is 0 Å². The Labute approximate surface area is 139 Å². The van der Waals surface area contributed by atoms with Crippen molar-refractivity contribution in [2.24, 2.45) is 5.16 Å². The Bertz CT molecular complexity index is 623. The maximum Gasteiger partial charge on any atom is 0.367 e. The first kappa shape index (κ1) is 15.5. The van der Waals surface area contributed by atoms with Gasteiger partial charge in [0.1, 0.15) is 5.75 Å². The second-order valence-electron chi connectivity index (χ2n) is 4.59. The van der Waals surface area contributed by atoms with Crippen LogP contribution in [0.5, 0.6) is 5.75 Å². The number of rotatable bonds is 3. The molecule has 1 heterocycles. The minimum atomic E-state index is -0.437. The molecule has 1 aromatic rings. The van der Waals surface area contributed by atoms with Crippen molar-refractivity contribution in [3.05, 3.63) is 31.3 Å². The quantitative estimate of drug-likeness (QED) is 0.395. The van der Waals surface area contributed by atoms with Gasteiger partial charge in [-0.3, -0.25) is 0 Å². The van der Waals surface area contributed by atoms with Crippen molar-refractivity contribution in [3.63, 3.8) is 0 Å². The van der Waals surface area contributed by atoms with Gasteiger partial charge in [0.05, 0.1) is 21.0 Å². The molecule has 1 aliphatic rings. The lowest BCUT2D eigenvalue weighted by atomic mass is 10.1. The zero-order valence-electron chi connectivity index (χ0n) is 11.2. The Morgan fingerprint density at radius 2 is 2.15 bits per heavy atom. The molecular formula is C14H13BrINO3. The third-order valence-corrected chi connectivity index (χ3v) is 3.82. The maximum atomic E-state index is 11.6. The van der Waals surface area contributed by atoms with Gasteiger partial charge in [0, 0.05) is 10.0 Å². The summed E-state index contributed by atoms with van der Waals surface area (Å²) in [5.41, 5.74) is 1.84. The molecule has 6 heteroatoms. The number of ether oxygens (including phenoxy) is 1. The molecule has 0 N–H and O–H groups in total. The Kier molecular flexibility index (Phi) is 4.85. The predicted molar refractivity (Wildman–Crippen MR) is 89.8 cm³/mol. The van der Waals surface area contributed by atoms with E-state index in [0.717, 1.165) is 19.4 Å². The molecule has 20 heavy (non-hydrogen) atoms. The highest BCUT2D eigenvalue weighted by Crippen LogP contribution is 2.33. The van der Waals surface area contributed by atoms with Crippen molar-refractivity contribution in [1.29, 1.82) is 0 Å². The molecule has 0 bridgehead atoms. The van der Waals surface area contributed by atoms with Crippen LogP contribution in [0.1, 0.15) is 26.3 Å². The average molecular weight is 450 g/mol. The van der Waals surface area contributed by atoms with Crippen molar-refractivity contribution in [3.8, 4) is 5.75 Å². The Morgan fingerprint density at radius 1 is 1.45 bits per heavy atom. The third kappa shape index (κ3) is 3.41. The molecule has 0 unspecified atom stereocenters. The van der Waals surface area contributed by atoms with E-state index in [1.54, 1.807) is 13.0 Å². The number of hydrogen-bond donors (Lipinski definition) is 0. The number of carbonyl (C=O) groups excluding carboxylic acids is 1. The minimum Gasteiger partial charge on any atom is -0.489 e. The third-order valence-electron chi connectivity index (χ3n) is 2.57. The van der Waals surface area contributed by atoms with Gasteiger partial charge in [0.15, 0.2) is 0 Å². The summed E-state index contributed by atoms with van der Waals surface area (Å²) in [7, 11) is 0. The molecule has 0 aliphatic carbocycles. The van der Waals surface area contributed by atoms with Gasteiger partial charge in [0.25, 0.3) is 0 Å². The number of oxime groups is 1. The lowest BCUT2D eigenvalue weighted by Crippen LogP contribution is -2.09. The van der Waals surface area contributed by atoms with Crippen LogP contribution >= 0.6 is 38.5 Å². The normalized spacial score (nSPS) is 16.6. The summed E-state index contributed by atoms with van der Waals surface area (Å²) in [5, 5.41) is 3.67. The van der Waals surface area contributed by atoms with Crippen molar-refractivity contribution < 1.29 is 14.4 Å².